The van der Waals surface area contributed by atoms with E-state index in [1.807, 2.05) is 36.4 Å². The SMILES string of the molecule is CN(C(=O)c1ccc(NC(=O)OCC2c3ccccc3-c3ccccc32)c(Cl)c1)C1(C(=O)O)CC1. The zero-order valence-electron chi connectivity index (χ0n) is 19.0. The predicted octanol–water partition coefficient (Wildman–Crippen LogP) is 5.39. The highest BCUT2D eigenvalue weighted by molar-refractivity contribution is 6.34. The maximum Gasteiger partial charge on any atom is 0.411 e. The first-order valence-corrected chi connectivity index (χ1v) is 11.6. The van der Waals surface area contributed by atoms with Gasteiger partial charge in [0, 0.05) is 18.5 Å². The molecule has 3 aromatic rings. The maximum atomic E-state index is 12.8. The molecule has 1 fully saturated rings. The lowest BCUT2D eigenvalue weighted by molar-refractivity contribution is -0.143. The molecule has 3 aromatic carbocycles. The molecule has 0 aromatic heterocycles. The molecule has 35 heavy (non-hydrogen) atoms. The van der Waals surface area contributed by atoms with Gasteiger partial charge in [0.05, 0.1) is 10.7 Å². The van der Waals surface area contributed by atoms with Gasteiger partial charge in [-0.1, -0.05) is 60.1 Å². The first-order valence-electron chi connectivity index (χ1n) is 11.2. The second-order valence-electron chi connectivity index (χ2n) is 8.85. The van der Waals surface area contributed by atoms with Crippen LogP contribution in [0.2, 0.25) is 5.02 Å². The first kappa shape index (κ1) is 22.9. The molecule has 0 heterocycles. The number of nitrogens with one attached hydrogen (secondary N) is 1. The van der Waals surface area contributed by atoms with Gasteiger partial charge in [-0.25, -0.2) is 9.59 Å². The van der Waals surface area contributed by atoms with Gasteiger partial charge in [-0.3, -0.25) is 10.1 Å². The summed E-state index contributed by atoms with van der Waals surface area (Å²) in [4.78, 5) is 38.1. The normalized spacial score (nSPS) is 15.0. The van der Waals surface area contributed by atoms with E-state index in [0.717, 1.165) is 22.3 Å². The third-order valence-corrected chi connectivity index (χ3v) is 7.18. The lowest BCUT2D eigenvalue weighted by Crippen LogP contribution is -2.44. The van der Waals surface area contributed by atoms with Crippen LogP contribution in [0.15, 0.2) is 66.7 Å². The van der Waals surface area contributed by atoms with Gasteiger partial charge >= 0.3 is 12.1 Å². The van der Waals surface area contributed by atoms with Crippen LogP contribution in [-0.4, -0.2) is 47.2 Å². The summed E-state index contributed by atoms with van der Waals surface area (Å²) in [7, 11) is 1.47. The van der Waals surface area contributed by atoms with Crippen LogP contribution in [0.5, 0.6) is 0 Å². The molecular formula is C27H23ClN2O5. The molecule has 8 heteroatoms. The predicted molar refractivity (Wildman–Crippen MR) is 132 cm³/mol. The molecule has 2 aliphatic rings. The van der Waals surface area contributed by atoms with Gasteiger partial charge in [0.1, 0.15) is 12.1 Å². The van der Waals surface area contributed by atoms with Crippen molar-refractivity contribution in [1.29, 1.82) is 0 Å². The lowest BCUT2D eigenvalue weighted by Gasteiger charge is -2.24. The quantitative estimate of drug-likeness (QED) is 0.483. The second kappa shape index (κ2) is 8.74. The highest BCUT2D eigenvalue weighted by Crippen LogP contribution is 2.45. The van der Waals surface area contributed by atoms with Crippen LogP contribution in [0.1, 0.15) is 40.2 Å². The fraction of sp³-hybridized carbons (Fsp3) is 0.222. The van der Waals surface area contributed by atoms with Crippen molar-refractivity contribution in [2.75, 3.05) is 19.0 Å². The number of ether oxygens (including phenoxy) is 1. The molecular weight excluding hydrogens is 468 g/mol. The Morgan fingerprint density at radius 3 is 2.17 bits per heavy atom. The number of carboxylic acid groups (broad SMARTS) is 1. The molecule has 0 saturated heterocycles. The monoisotopic (exact) mass is 490 g/mol. The first-order chi connectivity index (χ1) is 16.8. The van der Waals surface area contributed by atoms with Crippen LogP contribution in [0.25, 0.3) is 11.1 Å². The molecule has 0 atom stereocenters. The van der Waals surface area contributed by atoms with E-state index in [2.05, 4.69) is 17.4 Å². The smallest absolute Gasteiger partial charge is 0.411 e. The summed E-state index contributed by atoms with van der Waals surface area (Å²) in [6, 6.07) is 20.6. The number of benzene rings is 3. The third-order valence-electron chi connectivity index (χ3n) is 6.86. The van der Waals surface area contributed by atoms with E-state index >= 15 is 0 Å². The van der Waals surface area contributed by atoms with Crippen molar-refractivity contribution in [3.63, 3.8) is 0 Å². The number of aliphatic carboxylic acids is 1. The summed E-state index contributed by atoms with van der Waals surface area (Å²) in [6.07, 6.45) is 0.173. The Morgan fingerprint density at radius 1 is 1.03 bits per heavy atom. The number of amides is 2. The zero-order chi connectivity index (χ0) is 24.7. The Kier molecular flexibility index (Phi) is 5.73. The molecule has 0 spiro atoms. The van der Waals surface area contributed by atoms with E-state index in [-0.39, 0.29) is 23.1 Å². The maximum absolute atomic E-state index is 12.8. The van der Waals surface area contributed by atoms with Crippen LogP contribution in [0.4, 0.5) is 10.5 Å². The van der Waals surface area contributed by atoms with E-state index in [1.165, 1.54) is 30.1 Å². The molecule has 0 bridgehead atoms. The number of carboxylic acids is 1. The Balaban J connectivity index is 1.25. The number of nitrogens with zero attached hydrogens (tertiary/aromatic N) is 1. The van der Waals surface area contributed by atoms with Crippen molar-refractivity contribution in [2.45, 2.75) is 24.3 Å². The summed E-state index contributed by atoms with van der Waals surface area (Å²) in [5.41, 5.74) is 3.89. The van der Waals surface area contributed by atoms with Gasteiger partial charge in [0.25, 0.3) is 5.91 Å². The van der Waals surface area contributed by atoms with Gasteiger partial charge in [-0.15, -0.1) is 0 Å². The van der Waals surface area contributed by atoms with Crippen LogP contribution < -0.4 is 5.32 Å². The lowest BCUT2D eigenvalue weighted by atomic mass is 9.98. The highest BCUT2D eigenvalue weighted by atomic mass is 35.5. The molecule has 0 unspecified atom stereocenters. The van der Waals surface area contributed by atoms with Crippen LogP contribution in [-0.2, 0) is 9.53 Å². The summed E-state index contributed by atoms with van der Waals surface area (Å²) < 4.78 is 5.54. The third kappa shape index (κ3) is 4.02. The van der Waals surface area contributed by atoms with Crippen molar-refractivity contribution in [1.82, 2.24) is 4.90 Å². The second-order valence-corrected chi connectivity index (χ2v) is 9.25. The summed E-state index contributed by atoms with van der Waals surface area (Å²) in [5, 5.41) is 12.2. The van der Waals surface area contributed by atoms with Gasteiger partial charge < -0.3 is 14.7 Å². The number of carbonyl (C=O) groups excluding carboxylic acids is 2. The fourth-order valence-electron chi connectivity index (χ4n) is 4.69. The molecule has 178 valence electrons. The summed E-state index contributed by atoms with van der Waals surface area (Å²) in [5.74, 6) is -1.53. The van der Waals surface area contributed by atoms with Gasteiger partial charge in [0.15, 0.2) is 0 Å². The van der Waals surface area contributed by atoms with Crippen LogP contribution in [0, 0.1) is 0 Å². The number of hydrogen-bond acceptors (Lipinski definition) is 4. The van der Waals surface area contributed by atoms with Crippen LogP contribution >= 0.6 is 11.6 Å². The van der Waals surface area contributed by atoms with Crippen molar-refractivity contribution in [3.8, 4) is 11.1 Å². The molecule has 1 saturated carbocycles. The minimum absolute atomic E-state index is 0.0665. The Hall–Kier alpha value is -3.84. The van der Waals surface area contributed by atoms with Gasteiger partial charge in [-0.05, 0) is 53.3 Å². The Labute approximate surface area is 207 Å². The number of likely N-dealkylation sites (N-methyl/N-ethyl adjacent to an activating group) is 1. The minimum Gasteiger partial charge on any atom is -0.479 e. The molecule has 0 aliphatic heterocycles. The number of fused-ring (bicyclic) bond motifs is 3. The van der Waals surface area contributed by atoms with E-state index in [1.54, 1.807) is 0 Å². The number of halogens is 1. The topological polar surface area (TPSA) is 95.9 Å². The molecule has 2 N–H and O–H groups in total. The van der Waals surface area contributed by atoms with E-state index in [4.69, 9.17) is 16.3 Å². The van der Waals surface area contributed by atoms with Crippen molar-refractivity contribution < 1.29 is 24.2 Å². The van der Waals surface area contributed by atoms with E-state index in [0.29, 0.717) is 18.5 Å². The number of rotatable bonds is 6. The average Bonchev–Trinajstić information content (AvgIpc) is 3.62. The Bertz CT molecular complexity index is 1310. The minimum atomic E-state index is -1.15. The highest BCUT2D eigenvalue weighted by Gasteiger charge is 2.55. The molecule has 7 nitrogen and oxygen atoms in total. The fourth-order valence-corrected chi connectivity index (χ4v) is 4.92. The molecule has 2 amide bonds. The van der Waals surface area contributed by atoms with Crippen molar-refractivity contribution in [3.05, 3.63) is 88.4 Å². The molecule has 0 radical (unpaired) electrons. The zero-order valence-corrected chi connectivity index (χ0v) is 19.7. The Morgan fingerprint density at radius 2 is 1.63 bits per heavy atom. The average molecular weight is 491 g/mol. The van der Waals surface area contributed by atoms with Crippen LogP contribution in [0.3, 0.4) is 0 Å². The molecule has 2 aliphatic carbocycles. The number of anilines is 1. The van der Waals surface area contributed by atoms with E-state index < -0.39 is 23.5 Å². The standard InChI is InChI=1S/C27H23ClN2O5/c1-30(27(12-13-27)25(32)33)24(31)16-10-11-23(22(28)14-16)29-26(34)35-15-21-19-8-4-2-6-17(19)18-7-3-5-9-20(18)21/h2-11,14,21H,12-13,15H2,1H3,(H,29,34)(H,32,33). The van der Waals surface area contributed by atoms with Gasteiger partial charge in [-0.2, -0.15) is 0 Å². The van der Waals surface area contributed by atoms with E-state index in [9.17, 15) is 19.5 Å². The van der Waals surface area contributed by atoms with Crippen molar-refractivity contribution in [2.24, 2.45) is 0 Å². The number of hydrogen-bond donors (Lipinski definition) is 2. The summed E-state index contributed by atoms with van der Waals surface area (Å²) >= 11 is 6.32. The largest absolute Gasteiger partial charge is 0.479 e. The summed E-state index contributed by atoms with van der Waals surface area (Å²) in [6.45, 7) is 0.163. The van der Waals surface area contributed by atoms with Gasteiger partial charge in [0.2, 0.25) is 0 Å². The molecule has 5 rings (SSSR count). The van der Waals surface area contributed by atoms with Crippen molar-refractivity contribution >= 4 is 35.3 Å². The number of carbonyl (C=O) groups is 3.